The van der Waals surface area contributed by atoms with Gasteiger partial charge in [-0.15, -0.1) is 0 Å². The predicted molar refractivity (Wildman–Crippen MR) is 145 cm³/mol. The average molecular weight is 546 g/mol. The summed E-state index contributed by atoms with van der Waals surface area (Å²) in [5.41, 5.74) is 1.88. The van der Waals surface area contributed by atoms with Crippen molar-refractivity contribution in [2.24, 2.45) is 0 Å². The summed E-state index contributed by atoms with van der Waals surface area (Å²) in [5.74, 6) is -2.22. The maximum Gasteiger partial charge on any atom is 0.243 e. The molecule has 0 radical (unpaired) electrons. The molecule has 0 saturated heterocycles. The SMILES string of the molecule is CC(=O)NC(Cc1cc(F)cc(F)c1)C(O)CNC1(c2cccc(C(C)(C)C)c2)CCC(N(O)C(C)=O)CC1. The Balaban J connectivity index is 1.86. The summed E-state index contributed by atoms with van der Waals surface area (Å²) < 4.78 is 27.6. The van der Waals surface area contributed by atoms with Crippen LogP contribution in [0.15, 0.2) is 42.5 Å². The third-order valence-corrected chi connectivity index (χ3v) is 7.64. The van der Waals surface area contributed by atoms with Gasteiger partial charge in [-0.3, -0.25) is 14.8 Å². The van der Waals surface area contributed by atoms with Gasteiger partial charge >= 0.3 is 0 Å². The first kappa shape index (κ1) is 30.7. The van der Waals surface area contributed by atoms with Gasteiger partial charge in [-0.2, -0.15) is 0 Å². The minimum atomic E-state index is -1.06. The highest BCUT2D eigenvalue weighted by Gasteiger charge is 2.40. The number of aliphatic hydroxyl groups excluding tert-OH is 1. The second-order valence-electron chi connectivity index (χ2n) is 11.7. The maximum absolute atomic E-state index is 13.8. The molecule has 2 unspecified atom stereocenters. The highest BCUT2D eigenvalue weighted by Crippen LogP contribution is 2.40. The van der Waals surface area contributed by atoms with E-state index in [2.05, 4.69) is 43.5 Å². The summed E-state index contributed by atoms with van der Waals surface area (Å²) >= 11 is 0. The van der Waals surface area contributed by atoms with Gasteiger partial charge in [0.1, 0.15) is 11.6 Å². The van der Waals surface area contributed by atoms with Crippen molar-refractivity contribution in [3.8, 4) is 0 Å². The molecule has 4 N–H and O–H groups in total. The van der Waals surface area contributed by atoms with E-state index in [0.717, 1.165) is 22.3 Å². The highest BCUT2D eigenvalue weighted by molar-refractivity contribution is 5.73. The highest BCUT2D eigenvalue weighted by atomic mass is 19.1. The van der Waals surface area contributed by atoms with Crippen molar-refractivity contribution in [3.63, 3.8) is 0 Å². The Bertz CT molecular complexity index is 1140. The summed E-state index contributed by atoms with van der Waals surface area (Å²) in [6, 6.07) is 10.4. The van der Waals surface area contributed by atoms with Crippen molar-refractivity contribution in [2.75, 3.05) is 6.54 Å². The van der Waals surface area contributed by atoms with Crippen LogP contribution in [0.1, 0.15) is 77.0 Å². The van der Waals surface area contributed by atoms with E-state index in [4.69, 9.17) is 0 Å². The molecule has 7 nitrogen and oxygen atoms in total. The minimum absolute atomic E-state index is 0.0454. The number of carbonyl (C=O) groups excluding carboxylic acids is 2. The van der Waals surface area contributed by atoms with Gasteiger partial charge < -0.3 is 15.7 Å². The molecular formula is C30H41F2N3O4. The van der Waals surface area contributed by atoms with Gasteiger partial charge in [0, 0.05) is 32.0 Å². The van der Waals surface area contributed by atoms with E-state index >= 15 is 0 Å². The number of aliphatic hydroxyl groups is 1. The van der Waals surface area contributed by atoms with Gasteiger partial charge in [-0.1, -0.05) is 45.0 Å². The van der Waals surface area contributed by atoms with Crippen molar-refractivity contribution in [3.05, 3.63) is 70.8 Å². The number of hydrogen-bond donors (Lipinski definition) is 4. The lowest BCUT2D eigenvalue weighted by Crippen LogP contribution is -2.54. The molecule has 2 amide bonds. The Morgan fingerprint density at radius 2 is 1.69 bits per heavy atom. The van der Waals surface area contributed by atoms with Crippen LogP contribution in [0.5, 0.6) is 0 Å². The summed E-state index contributed by atoms with van der Waals surface area (Å²) in [6.45, 7) is 9.16. The Morgan fingerprint density at radius 1 is 1.08 bits per heavy atom. The van der Waals surface area contributed by atoms with Crippen LogP contribution in [0.3, 0.4) is 0 Å². The van der Waals surface area contributed by atoms with Crippen LogP contribution in [0, 0.1) is 11.6 Å². The lowest BCUT2D eigenvalue weighted by Gasteiger charge is -2.44. The minimum Gasteiger partial charge on any atom is -0.390 e. The molecule has 1 aliphatic carbocycles. The van der Waals surface area contributed by atoms with Crippen LogP contribution < -0.4 is 10.6 Å². The first-order valence-electron chi connectivity index (χ1n) is 13.4. The van der Waals surface area contributed by atoms with Crippen LogP contribution in [-0.2, 0) is 27.0 Å². The zero-order valence-corrected chi connectivity index (χ0v) is 23.4. The summed E-state index contributed by atoms with van der Waals surface area (Å²) in [5, 5.41) is 28.5. The number of amides is 2. The third kappa shape index (κ3) is 8.06. The van der Waals surface area contributed by atoms with Gasteiger partial charge in [0.15, 0.2) is 0 Å². The quantitative estimate of drug-likeness (QED) is 0.278. The fourth-order valence-corrected chi connectivity index (χ4v) is 5.42. The molecular weight excluding hydrogens is 504 g/mol. The number of halogens is 2. The normalized spacial score (nSPS) is 21.2. The Kier molecular flexibility index (Phi) is 9.85. The Hall–Kier alpha value is -2.88. The second-order valence-corrected chi connectivity index (χ2v) is 11.7. The molecule has 2 atom stereocenters. The Labute approximate surface area is 229 Å². The van der Waals surface area contributed by atoms with E-state index in [1.165, 1.54) is 26.0 Å². The third-order valence-electron chi connectivity index (χ3n) is 7.64. The lowest BCUT2D eigenvalue weighted by molar-refractivity contribution is -0.177. The number of hydrogen-bond acceptors (Lipinski definition) is 5. The van der Waals surface area contributed by atoms with Crippen LogP contribution in [0.2, 0.25) is 0 Å². The zero-order chi connectivity index (χ0) is 29.0. The smallest absolute Gasteiger partial charge is 0.243 e. The van der Waals surface area contributed by atoms with Crippen LogP contribution in [-0.4, -0.2) is 51.9 Å². The van der Waals surface area contributed by atoms with Crippen LogP contribution in [0.4, 0.5) is 8.78 Å². The summed E-state index contributed by atoms with van der Waals surface area (Å²) in [4.78, 5) is 23.7. The molecule has 2 aromatic carbocycles. The van der Waals surface area contributed by atoms with Crippen molar-refractivity contribution in [1.29, 1.82) is 0 Å². The van der Waals surface area contributed by atoms with Gasteiger partial charge in [-0.05, 0) is 66.3 Å². The van der Waals surface area contributed by atoms with E-state index in [-0.39, 0.29) is 30.3 Å². The number of rotatable bonds is 9. The molecule has 39 heavy (non-hydrogen) atoms. The molecule has 1 aliphatic rings. The zero-order valence-electron chi connectivity index (χ0n) is 23.4. The molecule has 1 fully saturated rings. The fourth-order valence-electron chi connectivity index (χ4n) is 5.42. The molecule has 1 saturated carbocycles. The Morgan fingerprint density at radius 3 is 2.23 bits per heavy atom. The molecule has 9 heteroatoms. The largest absolute Gasteiger partial charge is 0.390 e. The molecule has 2 aromatic rings. The molecule has 0 aliphatic heterocycles. The molecule has 0 spiro atoms. The van der Waals surface area contributed by atoms with E-state index in [1.807, 2.05) is 12.1 Å². The molecule has 0 heterocycles. The number of nitrogens with zero attached hydrogens (tertiary/aromatic N) is 1. The monoisotopic (exact) mass is 545 g/mol. The molecule has 0 bridgehead atoms. The topological polar surface area (TPSA) is 102 Å². The van der Waals surface area contributed by atoms with E-state index in [9.17, 15) is 28.7 Å². The molecule has 3 rings (SSSR count). The van der Waals surface area contributed by atoms with Crippen LogP contribution in [0.25, 0.3) is 0 Å². The molecule has 0 aromatic heterocycles. The van der Waals surface area contributed by atoms with Crippen LogP contribution >= 0.6 is 0 Å². The van der Waals surface area contributed by atoms with Crippen molar-refractivity contribution in [1.82, 2.24) is 15.7 Å². The summed E-state index contributed by atoms with van der Waals surface area (Å²) in [7, 11) is 0. The summed E-state index contributed by atoms with van der Waals surface area (Å²) in [6.07, 6.45) is 1.29. The number of carbonyl (C=O) groups is 2. The van der Waals surface area contributed by atoms with E-state index in [1.54, 1.807) is 0 Å². The fraction of sp³-hybridized carbons (Fsp3) is 0.533. The second kappa shape index (κ2) is 12.5. The maximum atomic E-state index is 13.8. The number of nitrogens with one attached hydrogen (secondary N) is 2. The predicted octanol–water partition coefficient (Wildman–Crippen LogP) is 4.34. The number of hydroxylamine groups is 2. The first-order valence-corrected chi connectivity index (χ1v) is 13.4. The van der Waals surface area contributed by atoms with Gasteiger partial charge in [0.2, 0.25) is 11.8 Å². The van der Waals surface area contributed by atoms with Gasteiger partial charge in [-0.25, -0.2) is 13.8 Å². The average Bonchev–Trinajstić information content (AvgIpc) is 2.85. The first-order chi connectivity index (χ1) is 18.2. The van der Waals surface area contributed by atoms with Crippen molar-refractivity contribution >= 4 is 11.8 Å². The van der Waals surface area contributed by atoms with Crippen molar-refractivity contribution in [2.45, 2.75) is 95.9 Å². The standard InChI is InChI=1S/C30H41F2N3O4/c1-19(36)34-27(15-21-13-24(31)17-25(32)14-21)28(38)18-33-30(11-9-26(10-12-30)35(39)20(2)37)23-8-6-7-22(16-23)29(3,4)5/h6-8,13-14,16-17,26-28,33,38-39H,9-12,15,18H2,1-5H3,(H,34,36). The van der Waals surface area contributed by atoms with Crippen molar-refractivity contribution < 1.29 is 28.7 Å². The number of benzene rings is 2. The lowest BCUT2D eigenvalue weighted by atomic mass is 9.73. The van der Waals surface area contributed by atoms with E-state index < -0.39 is 35.2 Å². The van der Waals surface area contributed by atoms with Gasteiger partial charge in [0.05, 0.1) is 18.2 Å². The van der Waals surface area contributed by atoms with E-state index in [0.29, 0.717) is 31.2 Å². The van der Waals surface area contributed by atoms with Gasteiger partial charge in [0.25, 0.3) is 0 Å². The molecule has 214 valence electrons.